The zero-order valence-corrected chi connectivity index (χ0v) is 25.3. The SMILES string of the molecule is O=P(c1ccccc1)(c1ccccc1)C(P(c1ccccc1)c1ccccc1)P(c1ccccc1)c1ccccc1. The van der Waals surface area contributed by atoms with Crippen molar-refractivity contribution in [1.82, 2.24) is 0 Å². The van der Waals surface area contributed by atoms with Gasteiger partial charge in [-0.05, 0) is 37.1 Å². The first-order valence-electron chi connectivity index (χ1n) is 13.8. The molecule has 0 aliphatic rings. The van der Waals surface area contributed by atoms with Gasteiger partial charge in [0, 0.05) is 10.6 Å². The van der Waals surface area contributed by atoms with Crippen molar-refractivity contribution < 1.29 is 4.57 Å². The maximum atomic E-state index is 16.5. The summed E-state index contributed by atoms with van der Waals surface area (Å²) in [6.45, 7) is 0. The van der Waals surface area contributed by atoms with Crippen LogP contribution >= 0.6 is 23.0 Å². The molecule has 41 heavy (non-hydrogen) atoms. The van der Waals surface area contributed by atoms with E-state index < -0.39 is 23.0 Å². The van der Waals surface area contributed by atoms with Crippen LogP contribution in [-0.4, -0.2) is 5.14 Å². The van der Waals surface area contributed by atoms with Crippen LogP contribution < -0.4 is 31.8 Å². The fourth-order valence-electron chi connectivity index (χ4n) is 5.34. The van der Waals surface area contributed by atoms with Gasteiger partial charge in [-0.1, -0.05) is 182 Å². The zero-order chi connectivity index (χ0) is 27.9. The highest BCUT2D eigenvalue weighted by Crippen LogP contribution is 2.72. The molecule has 0 aliphatic carbocycles. The minimum absolute atomic E-state index is 0.188. The van der Waals surface area contributed by atoms with Gasteiger partial charge in [0.1, 0.15) is 0 Å². The van der Waals surface area contributed by atoms with Gasteiger partial charge in [0.05, 0.1) is 5.14 Å². The van der Waals surface area contributed by atoms with Gasteiger partial charge in [-0.2, -0.15) is 0 Å². The van der Waals surface area contributed by atoms with Gasteiger partial charge < -0.3 is 4.57 Å². The smallest absolute Gasteiger partial charge is 0.155 e. The van der Waals surface area contributed by atoms with Crippen LogP contribution in [-0.2, 0) is 4.57 Å². The molecule has 0 radical (unpaired) electrons. The summed E-state index contributed by atoms with van der Waals surface area (Å²) in [7, 11) is -5.39. The number of benzene rings is 6. The molecular formula is C37H31OP3. The summed E-state index contributed by atoms with van der Waals surface area (Å²) in [6.07, 6.45) is 0. The third-order valence-electron chi connectivity index (χ3n) is 7.20. The summed E-state index contributed by atoms with van der Waals surface area (Å²) in [4.78, 5) is 0. The lowest BCUT2D eigenvalue weighted by molar-refractivity contribution is 0.588. The summed E-state index contributed by atoms with van der Waals surface area (Å²) in [5.41, 5.74) is 0. The molecule has 1 nitrogen and oxygen atoms in total. The molecule has 0 spiro atoms. The fraction of sp³-hybridized carbons (Fsp3) is 0.0270. The Hall–Kier alpha value is -3.59. The first-order valence-corrected chi connectivity index (χ1v) is 18.4. The average molecular weight is 585 g/mol. The molecule has 4 heteroatoms. The molecule has 0 saturated heterocycles. The molecule has 0 N–H and O–H groups in total. The Morgan fingerprint density at radius 3 is 0.805 bits per heavy atom. The second-order valence-corrected chi connectivity index (χ2v) is 18.4. The molecule has 0 aromatic heterocycles. The van der Waals surface area contributed by atoms with E-state index in [2.05, 4.69) is 146 Å². The lowest BCUT2D eigenvalue weighted by Crippen LogP contribution is -2.33. The maximum absolute atomic E-state index is 16.5. The van der Waals surface area contributed by atoms with Crippen molar-refractivity contribution in [3.63, 3.8) is 0 Å². The molecule has 6 rings (SSSR count). The molecule has 0 aliphatic heterocycles. The van der Waals surface area contributed by atoms with E-state index in [1.807, 2.05) is 36.4 Å². The standard InChI is InChI=1S/C37H31OP3/c38-41(35-27-15-5-16-28-35,36-29-17-6-18-30-36)37(39(31-19-7-1-8-20-31)32-21-9-2-10-22-32)40(33-23-11-3-12-24-33)34-25-13-4-14-26-34/h1-30,37H. The number of hydrogen-bond acceptors (Lipinski definition) is 1. The van der Waals surface area contributed by atoms with Crippen LogP contribution in [0.1, 0.15) is 0 Å². The van der Waals surface area contributed by atoms with Crippen molar-refractivity contribution in [2.24, 2.45) is 0 Å². The van der Waals surface area contributed by atoms with E-state index in [-0.39, 0.29) is 5.14 Å². The molecular weight excluding hydrogens is 553 g/mol. The van der Waals surface area contributed by atoms with E-state index in [9.17, 15) is 0 Å². The average Bonchev–Trinajstić information content (AvgIpc) is 3.07. The van der Waals surface area contributed by atoms with E-state index >= 15 is 4.57 Å². The van der Waals surface area contributed by atoms with Gasteiger partial charge in [0.2, 0.25) is 0 Å². The van der Waals surface area contributed by atoms with E-state index in [4.69, 9.17) is 0 Å². The third kappa shape index (κ3) is 5.77. The van der Waals surface area contributed by atoms with Crippen LogP contribution in [0, 0.1) is 0 Å². The predicted octanol–water partition coefficient (Wildman–Crippen LogP) is 7.55. The highest BCUT2D eigenvalue weighted by atomic mass is 31.2. The molecule has 0 amide bonds. The van der Waals surface area contributed by atoms with E-state index in [1.54, 1.807) is 0 Å². The predicted molar refractivity (Wildman–Crippen MR) is 182 cm³/mol. The first-order chi connectivity index (χ1) is 20.3. The van der Waals surface area contributed by atoms with Crippen molar-refractivity contribution in [3.05, 3.63) is 182 Å². The maximum Gasteiger partial charge on any atom is 0.155 e. The quantitative estimate of drug-likeness (QED) is 0.161. The van der Waals surface area contributed by atoms with Crippen LogP contribution in [0.2, 0.25) is 0 Å². The minimum Gasteiger partial charge on any atom is -0.313 e. The number of rotatable bonds is 9. The van der Waals surface area contributed by atoms with Crippen LogP contribution in [0.4, 0.5) is 0 Å². The molecule has 0 unspecified atom stereocenters. The second kappa shape index (κ2) is 12.9. The van der Waals surface area contributed by atoms with Gasteiger partial charge in [0.25, 0.3) is 0 Å². The van der Waals surface area contributed by atoms with Gasteiger partial charge >= 0.3 is 0 Å². The minimum atomic E-state index is -3.25. The number of hydrogen-bond donors (Lipinski definition) is 0. The van der Waals surface area contributed by atoms with Crippen LogP contribution in [0.5, 0.6) is 0 Å². The summed E-state index contributed by atoms with van der Waals surface area (Å²) in [5, 5.41) is 6.60. The van der Waals surface area contributed by atoms with Crippen LogP contribution in [0.3, 0.4) is 0 Å². The summed E-state index contributed by atoms with van der Waals surface area (Å²) in [5.74, 6) is 0. The third-order valence-corrected chi connectivity index (χ3v) is 19.0. The van der Waals surface area contributed by atoms with Gasteiger partial charge in [-0.3, -0.25) is 0 Å². The molecule has 0 fully saturated rings. The normalized spacial score (nSPS) is 11.7. The Kier molecular flexibility index (Phi) is 8.70. The lowest BCUT2D eigenvalue weighted by Gasteiger charge is -2.41. The largest absolute Gasteiger partial charge is 0.313 e. The second-order valence-electron chi connectivity index (χ2n) is 9.76. The van der Waals surface area contributed by atoms with Gasteiger partial charge in [0.15, 0.2) is 7.14 Å². The Morgan fingerprint density at radius 1 is 0.341 bits per heavy atom. The van der Waals surface area contributed by atoms with Crippen molar-refractivity contribution in [2.75, 3.05) is 0 Å². The first kappa shape index (κ1) is 27.6. The molecule has 0 heterocycles. The molecule has 0 atom stereocenters. The molecule has 0 saturated carbocycles. The lowest BCUT2D eigenvalue weighted by atomic mass is 10.4. The Bertz CT molecular complexity index is 1490. The zero-order valence-electron chi connectivity index (χ0n) is 22.6. The summed E-state index contributed by atoms with van der Waals surface area (Å²) < 4.78 is 16.5. The Morgan fingerprint density at radius 2 is 0.561 bits per heavy atom. The molecule has 6 aromatic carbocycles. The molecule has 200 valence electrons. The van der Waals surface area contributed by atoms with E-state index in [0.29, 0.717) is 0 Å². The van der Waals surface area contributed by atoms with E-state index in [0.717, 1.165) is 10.6 Å². The fourth-order valence-corrected chi connectivity index (χ4v) is 19.4. The Balaban J connectivity index is 1.75. The highest BCUT2D eigenvalue weighted by Gasteiger charge is 2.47. The van der Waals surface area contributed by atoms with Gasteiger partial charge in [-0.25, -0.2) is 0 Å². The molecule has 6 aromatic rings. The Labute approximate surface area is 245 Å². The van der Waals surface area contributed by atoms with Crippen molar-refractivity contribution in [2.45, 2.75) is 5.14 Å². The van der Waals surface area contributed by atoms with Gasteiger partial charge in [-0.15, -0.1) is 0 Å². The topological polar surface area (TPSA) is 17.1 Å². The summed E-state index contributed by atoms with van der Waals surface area (Å²) >= 11 is 0. The summed E-state index contributed by atoms with van der Waals surface area (Å²) in [6, 6.07) is 63.6. The van der Waals surface area contributed by atoms with E-state index in [1.165, 1.54) is 21.2 Å². The van der Waals surface area contributed by atoms with Crippen LogP contribution in [0.25, 0.3) is 0 Å². The van der Waals surface area contributed by atoms with Crippen LogP contribution in [0.15, 0.2) is 182 Å². The molecule has 0 bridgehead atoms. The van der Waals surface area contributed by atoms with Crippen molar-refractivity contribution in [1.29, 1.82) is 0 Å². The van der Waals surface area contributed by atoms with Crippen molar-refractivity contribution >= 4 is 54.8 Å². The monoisotopic (exact) mass is 584 g/mol. The van der Waals surface area contributed by atoms with Crippen molar-refractivity contribution in [3.8, 4) is 0 Å². The highest BCUT2D eigenvalue weighted by molar-refractivity contribution is 8.05.